The van der Waals surface area contributed by atoms with Gasteiger partial charge in [-0.15, -0.1) is 0 Å². The molecule has 20 heavy (non-hydrogen) atoms. The highest BCUT2D eigenvalue weighted by atomic mass is 16.6. The van der Waals surface area contributed by atoms with E-state index in [1.807, 2.05) is 0 Å². The van der Waals surface area contributed by atoms with Gasteiger partial charge in [0.1, 0.15) is 5.75 Å². The number of benzene rings is 1. The maximum Gasteiger partial charge on any atom is 0.307 e. The second kappa shape index (κ2) is 5.65. The summed E-state index contributed by atoms with van der Waals surface area (Å²) in [7, 11) is 0. The van der Waals surface area contributed by atoms with Crippen LogP contribution < -0.4 is 5.43 Å². The number of carbonyl (C=O) groups excluding carboxylic acids is 1. The zero-order valence-corrected chi connectivity index (χ0v) is 10.0. The predicted molar refractivity (Wildman–Crippen MR) is 68.5 cm³/mol. The molecule has 0 fully saturated rings. The minimum Gasteiger partial charge on any atom is -0.507 e. The van der Waals surface area contributed by atoms with E-state index in [0.29, 0.717) is 0 Å². The van der Waals surface area contributed by atoms with Crippen molar-refractivity contribution in [2.75, 3.05) is 0 Å². The van der Waals surface area contributed by atoms with Crippen molar-refractivity contribution in [3.63, 3.8) is 0 Å². The zero-order valence-electron chi connectivity index (χ0n) is 10.0. The minimum atomic E-state index is -0.599. The highest BCUT2D eigenvalue weighted by Crippen LogP contribution is 2.21. The predicted octanol–water partition coefficient (Wildman–Crippen LogP) is 1.66. The number of phenols is 1. The summed E-state index contributed by atoms with van der Waals surface area (Å²) in [6.45, 7) is 0. The molecule has 0 spiro atoms. The Morgan fingerprint density at radius 2 is 2.25 bits per heavy atom. The molecule has 0 unspecified atom stereocenters. The molecular weight excluding hydrogens is 266 g/mol. The number of hydrazone groups is 1. The van der Waals surface area contributed by atoms with Gasteiger partial charge in [-0.3, -0.25) is 14.9 Å². The number of nitro benzene ring substituents is 1. The van der Waals surface area contributed by atoms with Crippen molar-refractivity contribution >= 4 is 17.8 Å². The molecule has 2 rings (SSSR count). The van der Waals surface area contributed by atoms with E-state index in [9.17, 15) is 20.0 Å². The van der Waals surface area contributed by atoms with Gasteiger partial charge in [-0.2, -0.15) is 5.10 Å². The maximum absolute atomic E-state index is 11.5. The molecule has 0 saturated carbocycles. The van der Waals surface area contributed by atoms with Crippen LogP contribution >= 0.6 is 0 Å². The normalized spacial score (nSPS) is 10.6. The number of carbonyl (C=O) groups is 1. The molecule has 1 aromatic heterocycles. The standard InChI is InChI=1S/C12H9N3O5/c16-10-4-3-9(15(18)19)6-8(10)7-13-14-12(17)11-2-1-5-20-11/h1-7,16H,(H,14,17)/b13-7+. The number of phenolic OH excluding ortho intramolecular Hbond substituents is 1. The Balaban J connectivity index is 2.09. The van der Waals surface area contributed by atoms with Gasteiger partial charge in [0.25, 0.3) is 5.69 Å². The molecule has 102 valence electrons. The monoisotopic (exact) mass is 275 g/mol. The first-order chi connectivity index (χ1) is 9.58. The lowest BCUT2D eigenvalue weighted by atomic mass is 10.2. The van der Waals surface area contributed by atoms with Crippen LogP contribution in [-0.2, 0) is 0 Å². The summed E-state index contributed by atoms with van der Waals surface area (Å²) >= 11 is 0. The summed E-state index contributed by atoms with van der Waals surface area (Å²) in [6.07, 6.45) is 2.44. The van der Waals surface area contributed by atoms with Crippen LogP contribution in [-0.4, -0.2) is 22.2 Å². The minimum absolute atomic E-state index is 0.0745. The summed E-state index contributed by atoms with van der Waals surface area (Å²) in [6, 6.07) is 6.47. The number of nitrogens with one attached hydrogen (secondary N) is 1. The lowest BCUT2D eigenvalue weighted by Gasteiger charge is -1.99. The highest BCUT2D eigenvalue weighted by Gasteiger charge is 2.09. The molecular formula is C12H9N3O5. The van der Waals surface area contributed by atoms with Crippen molar-refractivity contribution in [3.8, 4) is 5.75 Å². The Kier molecular flexibility index (Phi) is 3.75. The number of amides is 1. The van der Waals surface area contributed by atoms with Gasteiger partial charge in [-0.05, 0) is 18.2 Å². The lowest BCUT2D eigenvalue weighted by molar-refractivity contribution is -0.384. The fourth-order valence-corrected chi connectivity index (χ4v) is 1.38. The molecule has 2 N–H and O–H groups in total. The van der Waals surface area contributed by atoms with Crippen molar-refractivity contribution in [1.82, 2.24) is 5.43 Å². The van der Waals surface area contributed by atoms with Crippen LogP contribution in [0.15, 0.2) is 46.1 Å². The van der Waals surface area contributed by atoms with Gasteiger partial charge in [0.2, 0.25) is 0 Å². The highest BCUT2D eigenvalue weighted by molar-refractivity contribution is 5.92. The van der Waals surface area contributed by atoms with Crippen molar-refractivity contribution in [2.45, 2.75) is 0 Å². The summed E-state index contributed by atoms with van der Waals surface area (Å²) in [4.78, 5) is 21.5. The van der Waals surface area contributed by atoms with Crippen LogP contribution in [0.3, 0.4) is 0 Å². The largest absolute Gasteiger partial charge is 0.507 e. The molecule has 8 nitrogen and oxygen atoms in total. The number of non-ortho nitro benzene ring substituents is 1. The Morgan fingerprint density at radius 3 is 2.90 bits per heavy atom. The van der Waals surface area contributed by atoms with E-state index in [-0.39, 0.29) is 22.8 Å². The molecule has 0 aliphatic rings. The molecule has 1 amide bonds. The molecule has 1 aromatic carbocycles. The quantitative estimate of drug-likeness (QED) is 0.499. The summed E-state index contributed by atoms with van der Waals surface area (Å²) in [5, 5.41) is 23.7. The lowest BCUT2D eigenvalue weighted by Crippen LogP contribution is -2.16. The molecule has 0 radical (unpaired) electrons. The van der Waals surface area contributed by atoms with Gasteiger partial charge in [0.05, 0.1) is 17.4 Å². The molecule has 0 aliphatic carbocycles. The van der Waals surface area contributed by atoms with E-state index in [4.69, 9.17) is 4.42 Å². The molecule has 0 atom stereocenters. The fourth-order valence-electron chi connectivity index (χ4n) is 1.38. The van der Waals surface area contributed by atoms with Crippen LogP contribution in [0.25, 0.3) is 0 Å². The van der Waals surface area contributed by atoms with Gasteiger partial charge in [0.15, 0.2) is 5.76 Å². The summed E-state index contributed by atoms with van der Waals surface area (Å²) in [5.74, 6) is -0.687. The number of hydrogen-bond acceptors (Lipinski definition) is 6. The number of aromatic hydroxyl groups is 1. The third-order valence-electron chi connectivity index (χ3n) is 2.34. The fraction of sp³-hybridized carbons (Fsp3) is 0. The number of furan rings is 1. The van der Waals surface area contributed by atoms with Crippen LogP contribution in [0.1, 0.15) is 16.1 Å². The molecule has 2 aromatic rings. The van der Waals surface area contributed by atoms with Gasteiger partial charge < -0.3 is 9.52 Å². The molecule has 0 saturated heterocycles. The van der Waals surface area contributed by atoms with Crippen LogP contribution in [0.2, 0.25) is 0 Å². The van der Waals surface area contributed by atoms with Crippen molar-refractivity contribution in [3.05, 3.63) is 58.0 Å². The Labute approximate surface area is 112 Å². The van der Waals surface area contributed by atoms with Crippen molar-refractivity contribution in [2.24, 2.45) is 5.10 Å². The third-order valence-corrected chi connectivity index (χ3v) is 2.34. The number of rotatable bonds is 4. The van der Waals surface area contributed by atoms with Crippen LogP contribution in [0, 0.1) is 10.1 Å². The number of hydrogen-bond donors (Lipinski definition) is 2. The van der Waals surface area contributed by atoms with Crippen molar-refractivity contribution < 1.29 is 19.2 Å². The SMILES string of the molecule is O=C(N/N=C/c1cc([N+](=O)[O-])ccc1O)c1ccco1. The van der Waals surface area contributed by atoms with Gasteiger partial charge >= 0.3 is 5.91 Å². The molecule has 0 bridgehead atoms. The number of nitro groups is 1. The average Bonchev–Trinajstić information content (AvgIpc) is 2.94. The Morgan fingerprint density at radius 1 is 1.45 bits per heavy atom. The van der Waals surface area contributed by atoms with E-state index in [1.54, 1.807) is 6.07 Å². The van der Waals surface area contributed by atoms with Crippen LogP contribution in [0.5, 0.6) is 5.75 Å². The first-order valence-corrected chi connectivity index (χ1v) is 5.42. The Hall–Kier alpha value is -3.16. The topological polar surface area (TPSA) is 118 Å². The number of nitrogens with zero attached hydrogens (tertiary/aromatic N) is 2. The zero-order chi connectivity index (χ0) is 14.5. The van der Waals surface area contributed by atoms with E-state index < -0.39 is 10.8 Å². The molecule has 1 heterocycles. The smallest absolute Gasteiger partial charge is 0.307 e. The first-order valence-electron chi connectivity index (χ1n) is 5.42. The second-order valence-corrected chi connectivity index (χ2v) is 3.68. The first kappa shape index (κ1) is 13.3. The van der Waals surface area contributed by atoms with E-state index >= 15 is 0 Å². The van der Waals surface area contributed by atoms with E-state index in [0.717, 1.165) is 18.3 Å². The maximum atomic E-state index is 11.5. The summed E-state index contributed by atoms with van der Waals surface area (Å²) < 4.78 is 4.85. The second-order valence-electron chi connectivity index (χ2n) is 3.68. The molecule has 8 heteroatoms. The third kappa shape index (κ3) is 2.99. The van der Waals surface area contributed by atoms with Crippen LogP contribution in [0.4, 0.5) is 5.69 Å². The van der Waals surface area contributed by atoms with Gasteiger partial charge in [-0.1, -0.05) is 0 Å². The van der Waals surface area contributed by atoms with Gasteiger partial charge in [0, 0.05) is 17.7 Å². The van der Waals surface area contributed by atoms with Crippen molar-refractivity contribution in [1.29, 1.82) is 0 Å². The summed E-state index contributed by atoms with van der Waals surface area (Å²) in [5.41, 5.74) is 2.08. The average molecular weight is 275 g/mol. The van der Waals surface area contributed by atoms with E-state index in [2.05, 4.69) is 10.5 Å². The van der Waals surface area contributed by atoms with E-state index in [1.165, 1.54) is 18.4 Å². The van der Waals surface area contributed by atoms with Gasteiger partial charge in [-0.25, -0.2) is 5.43 Å². The molecule has 0 aliphatic heterocycles. The Bertz CT molecular complexity index is 664.